The van der Waals surface area contributed by atoms with Crippen LogP contribution >= 0.6 is 23.2 Å². The number of ether oxygens (including phenoxy) is 4. The minimum Gasteiger partial charge on any atom is -0.490 e. The van der Waals surface area contributed by atoms with Crippen LogP contribution < -0.4 is 30.3 Å². The quantitative estimate of drug-likeness (QED) is 0.0875. The Bertz CT molecular complexity index is 1550. The highest BCUT2D eigenvalue weighted by Gasteiger charge is 2.32. The predicted octanol–water partition coefficient (Wildman–Crippen LogP) is 5.09. The number of rotatable bonds is 13. The number of halogens is 2. The lowest BCUT2D eigenvalue weighted by Crippen LogP contribution is -2.45. The number of hydrazone groups is 1. The second-order valence-corrected chi connectivity index (χ2v) is 10.3. The molecule has 2 atom stereocenters. The zero-order valence-electron chi connectivity index (χ0n) is 24.2. The van der Waals surface area contributed by atoms with Crippen LogP contribution in [0.1, 0.15) is 36.6 Å². The maximum absolute atomic E-state index is 12.4. The van der Waals surface area contributed by atoms with Gasteiger partial charge in [0.25, 0.3) is 0 Å². The third-order valence-electron chi connectivity index (χ3n) is 6.36. The number of nitrogens with zero attached hydrogens (tertiary/aromatic N) is 1. The van der Waals surface area contributed by atoms with Crippen LogP contribution in [-0.4, -0.2) is 49.9 Å². The Labute approximate surface area is 264 Å². The first-order chi connectivity index (χ1) is 21.2. The second-order valence-electron chi connectivity index (χ2n) is 9.50. The highest BCUT2D eigenvalue weighted by molar-refractivity contribution is 6.36. The van der Waals surface area contributed by atoms with Crippen molar-refractivity contribution in [2.24, 2.45) is 5.10 Å². The smallest absolute Gasteiger partial charge is 0.337 e. The summed E-state index contributed by atoms with van der Waals surface area (Å²) in [6.07, 6.45) is 0.229. The van der Waals surface area contributed by atoms with E-state index in [1.807, 2.05) is 30.3 Å². The van der Waals surface area contributed by atoms with E-state index in [2.05, 4.69) is 21.2 Å². The van der Waals surface area contributed by atoms with Gasteiger partial charge in [-0.2, -0.15) is 5.10 Å². The molecule has 1 heterocycles. The second kappa shape index (κ2) is 15.3. The summed E-state index contributed by atoms with van der Waals surface area (Å²) in [7, 11) is 1.27. The van der Waals surface area contributed by atoms with Crippen molar-refractivity contribution in [3.8, 4) is 17.2 Å². The molecule has 2 amide bonds. The Balaban J connectivity index is 1.42. The summed E-state index contributed by atoms with van der Waals surface area (Å²) >= 11 is 12.6. The summed E-state index contributed by atoms with van der Waals surface area (Å²) in [6.45, 7) is 3.84. The zero-order valence-corrected chi connectivity index (χ0v) is 25.7. The van der Waals surface area contributed by atoms with E-state index in [0.29, 0.717) is 50.7 Å². The molecule has 0 aromatic heterocycles. The number of methoxy groups -OCH3 is 1. The summed E-state index contributed by atoms with van der Waals surface area (Å²) < 4.78 is 22.4. The molecule has 13 heteroatoms. The molecule has 3 aromatic rings. The van der Waals surface area contributed by atoms with Crippen molar-refractivity contribution in [1.82, 2.24) is 16.1 Å². The van der Waals surface area contributed by atoms with Gasteiger partial charge in [0.1, 0.15) is 19.0 Å². The molecule has 0 saturated carbocycles. The number of benzene rings is 3. The standard InChI is InChI=1S/C31H32Cl2N4O7/c1-4-42-25-13-20(28-27(30(39)41-3)18(2)35-31(40)36-28)10-11-24(25)43-17-26(38)37-34-15-21-12-22(32)14-23(33)29(21)44-16-19-8-6-5-7-9-19/h5-15,26,28,37-38H,4,16-17H2,1-3H3,(H2,35,36,40)/b34-15+/t26-,28-/m0/s1. The molecule has 4 N–H and O–H groups in total. The number of allylic oxidation sites excluding steroid dienone is 1. The number of amides is 2. The Morgan fingerprint density at radius 3 is 2.59 bits per heavy atom. The predicted molar refractivity (Wildman–Crippen MR) is 166 cm³/mol. The Hall–Kier alpha value is -4.45. The monoisotopic (exact) mass is 642 g/mol. The molecule has 0 fully saturated rings. The minimum atomic E-state index is -1.20. The highest BCUT2D eigenvalue weighted by Crippen LogP contribution is 2.35. The molecule has 4 rings (SSSR count). The molecule has 1 aliphatic heterocycles. The fourth-order valence-electron chi connectivity index (χ4n) is 4.37. The molecule has 0 spiro atoms. The van der Waals surface area contributed by atoms with E-state index in [1.165, 1.54) is 13.3 Å². The Kier molecular flexibility index (Phi) is 11.3. The molecule has 232 valence electrons. The molecule has 11 nitrogen and oxygen atoms in total. The summed E-state index contributed by atoms with van der Waals surface area (Å²) in [4.78, 5) is 24.6. The zero-order chi connectivity index (χ0) is 31.6. The molecule has 44 heavy (non-hydrogen) atoms. The number of urea groups is 1. The number of carbonyl (C=O) groups is 2. The molecule has 0 unspecified atom stereocenters. The minimum absolute atomic E-state index is 0.194. The van der Waals surface area contributed by atoms with Crippen LogP contribution in [-0.2, 0) is 16.1 Å². The Morgan fingerprint density at radius 1 is 1.09 bits per heavy atom. The van der Waals surface area contributed by atoms with E-state index < -0.39 is 24.3 Å². The van der Waals surface area contributed by atoms with Crippen LogP contribution in [0.2, 0.25) is 10.0 Å². The van der Waals surface area contributed by atoms with Crippen LogP contribution in [0.3, 0.4) is 0 Å². The van der Waals surface area contributed by atoms with E-state index in [1.54, 1.807) is 44.2 Å². The first-order valence-electron chi connectivity index (χ1n) is 13.6. The average molecular weight is 644 g/mol. The fraction of sp³-hybridized carbons (Fsp3) is 0.258. The van der Waals surface area contributed by atoms with Gasteiger partial charge in [-0.1, -0.05) is 59.6 Å². The van der Waals surface area contributed by atoms with Crippen molar-refractivity contribution in [2.45, 2.75) is 32.7 Å². The summed E-state index contributed by atoms with van der Waals surface area (Å²) in [5, 5.41) is 20.6. The first kappa shape index (κ1) is 32.5. The Morgan fingerprint density at radius 2 is 1.86 bits per heavy atom. The van der Waals surface area contributed by atoms with E-state index in [0.717, 1.165) is 5.56 Å². The first-order valence-corrected chi connectivity index (χ1v) is 14.3. The van der Waals surface area contributed by atoms with Crippen molar-refractivity contribution in [3.63, 3.8) is 0 Å². The van der Waals surface area contributed by atoms with Crippen molar-refractivity contribution < 1.29 is 33.6 Å². The molecule has 0 bridgehead atoms. The molecule has 0 radical (unpaired) electrons. The van der Waals surface area contributed by atoms with E-state index in [9.17, 15) is 14.7 Å². The third-order valence-corrected chi connectivity index (χ3v) is 6.86. The van der Waals surface area contributed by atoms with E-state index in [-0.39, 0.29) is 18.8 Å². The van der Waals surface area contributed by atoms with Gasteiger partial charge in [0.05, 0.1) is 36.6 Å². The largest absolute Gasteiger partial charge is 0.490 e. The molecule has 1 aliphatic rings. The molecule has 0 aliphatic carbocycles. The molecular formula is C31H32Cl2N4O7. The third kappa shape index (κ3) is 8.34. The van der Waals surface area contributed by atoms with Crippen LogP contribution in [0.25, 0.3) is 0 Å². The van der Waals surface area contributed by atoms with Crippen LogP contribution in [0.5, 0.6) is 17.2 Å². The van der Waals surface area contributed by atoms with Gasteiger partial charge in [-0.05, 0) is 49.2 Å². The lowest BCUT2D eigenvalue weighted by atomic mass is 9.95. The number of hydrogen-bond acceptors (Lipinski definition) is 9. The lowest BCUT2D eigenvalue weighted by molar-refractivity contribution is -0.136. The number of nitrogens with one attached hydrogen (secondary N) is 3. The molecule has 3 aromatic carbocycles. The number of carbonyl (C=O) groups excluding carboxylic acids is 2. The highest BCUT2D eigenvalue weighted by atomic mass is 35.5. The van der Waals surface area contributed by atoms with Gasteiger partial charge >= 0.3 is 12.0 Å². The summed E-state index contributed by atoms with van der Waals surface area (Å²) in [6, 6.07) is 16.6. The summed E-state index contributed by atoms with van der Waals surface area (Å²) in [5.41, 5.74) is 5.28. The lowest BCUT2D eigenvalue weighted by Gasteiger charge is -2.28. The van der Waals surface area contributed by atoms with Gasteiger partial charge in [0.15, 0.2) is 17.7 Å². The normalized spacial score (nSPS) is 15.3. The van der Waals surface area contributed by atoms with Crippen LogP contribution in [0, 0.1) is 0 Å². The van der Waals surface area contributed by atoms with Crippen molar-refractivity contribution in [3.05, 3.63) is 98.7 Å². The van der Waals surface area contributed by atoms with E-state index >= 15 is 0 Å². The maximum Gasteiger partial charge on any atom is 0.337 e. The molecule has 0 saturated heterocycles. The van der Waals surface area contributed by atoms with Crippen molar-refractivity contribution in [2.75, 3.05) is 20.3 Å². The topological polar surface area (TPSA) is 140 Å². The number of esters is 1. The van der Waals surface area contributed by atoms with Crippen LogP contribution in [0.15, 0.2) is 77.0 Å². The number of aliphatic hydroxyl groups is 1. The fourth-order valence-corrected chi connectivity index (χ4v) is 4.94. The average Bonchev–Trinajstić information content (AvgIpc) is 3.00. The van der Waals surface area contributed by atoms with Gasteiger partial charge in [-0.3, -0.25) is 5.43 Å². The van der Waals surface area contributed by atoms with E-state index in [4.69, 9.17) is 42.1 Å². The SMILES string of the molecule is CCOc1cc([C@@H]2NC(=O)NC(C)=C2C(=O)OC)ccc1OC[C@H](O)N/N=C/c1cc(Cl)cc(Cl)c1OCc1ccccc1. The molecular weight excluding hydrogens is 611 g/mol. The maximum atomic E-state index is 12.4. The van der Waals surface area contributed by atoms with Gasteiger partial charge in [0.2, 0.25) is 0 Å². The summed E-state index contributed by atoms with van der Waals surface area (Å²) in [5.74, 6) is 0.495. The number of aliphatic hydroxyl groups excluding tert-OH is 1. The van der Waals surface area contributed by atoms with Gasteiger partial charge in [0, 0.05) is 16.3 Å². The van der Waals surface area contributed by atoms with Crippen molar-refractivity contribution in [1.29, 1.82) is 0 Å². The van der Waals surface area contributed by atoms with Gasteiger partial charge in [-0.15, -0.1) is 0 Å². The van der Waals surface area contributed by atoms with Gasteiger partial charge in [-0.25, -0.2) is 9.59 Å². The number of hydrogen-bond donors (Lipinski definition) is 4. The van der Waals surface area contributed by atoms with Crippen molar-refractivity contribution >= 4 is 41.4 Å². The van der Waals surface area contributed by atoms with Gasteiger partial charge < -0.3 is 34.7 Å². The van der Waals surface area contributed by atoms with Crippen LogP contribution in [0.4, 0.5) is 4.79 Å².